The molecule has 3 nitrogen and oxygen atoms in total. The van der Waals surface area contributed by atoms with Crippen molar-refractivity contribution in [2.24, 2.45) is 0 Å². The molecule has 0 heterocycles. The first-order chi connectivity index (χ1) is 5.16. The number of carboxylic acid groups (broad SMARTS) is 1. The molecule has 3 heteroatoms. The van der Waals surface area contributed by atoms with Crippen molar-refractivity contribution < 1.29 is 14.6 Å². The molecule has 0 aromatic carbocycles. The summed E-state index contributed by atoms with van der Waals surface area (Å²) in [6.07, 6.45) is 2.03. The summed E-state index contributed by atoms with van der Waals surface area (Å²) in [5.74, 6) is -0.797. The molecule has 1 atom stereocenters. The summed E-state index contributed by atoms with van der Waals surface area (Å²) in [5, 5.41) is 8.36. The van der Waals surface area contributed by atoms with Gasteiger partial charge in [0.05, 0.1) is 12.5 Å². The Kier molecular flexibility index (Phi) is 5.84. The monoisotopic (exact) mass is 160 g/mol. The maximum Gasteiger partial charge on any atom is 0.305 e. The molecule has 0 aromatic rings. The number of rotatable bonds is 6. The molecule has 0 saturated carbocycles. The predicted octanol–water partition coefficient (Wildman–Crippen LogP) is 1.67. The molecule has 0 saturated heterocycles. The zero-order chi connectivity index (χ0) is 8.69. The van der Waals surface area contributed by atoms with E-state index in [1.54, 1.807) is 6.92 Å². The van der Waals surface area contributed by atoms with Crippen LogP contribution in [0.25, 0.3) is 0 Å². The Balaban J connectivity index is 3.22. The lowest BCUT2D eigenvalue weighted by Gasteiger charge is -2.09. The first-order valence-electron chi connectivity index (χ1n) is 4.00. The van der Waals surface area contributed by atoms with Crippen molar-refractivity contribution in [2.75, 3.05) is 6.61 Å². The van der Waals surface area contributed by atoms with Gasteiger partial charge in [-0.3, -0.25) is 4.79 Å². The van der Waals surface area contributed by atoms with E-state index in [2.05, 4.69) is 6.92 Å². The Morgan fingerprint density at radius 2 is 2.27 bits per heavy atom. The van der Waals surface area contributed by atoms with E-state index < -0.39 is 5.97 Å². The second-order valence-electron chi connectivity index (χ2n) is 2.63. The highest BCUT2D eigenvalue weighted by atomic mass is 16.5. The number of unbranched alkanes of at least 4 members (excludes halogenated alkanes) is 1. The lowest BCUT2D eigenvalue weighted by Crippen LogP contribution is -2.14. The van der Waals surface area contributed by atoms with Gasteiger partial charge < -0.3 is 9.84 Å². The minimum atomic E-state index is -0.797. The number of aliphatic carboxylic acids is 1. The fraction of sp³-hybridized carbons (Fsp3) is 0.875. The summed E-state index contributed by atoms with van der Waals surface area (Å²) in [4.78, 5) is 10.2. The number of ether oxygens (including phenoxy) is 1. The van der Waals surface area contributed by atoms with Gasteiger partial charge in [-0.05, 0) is 13.3 Å². The van der Waals surface area contributed by atoms with Gasteiger partial charge in [0.15, 0.2) is 0 Å². The van der Waals surface area contributed by atoms with E-state index in [4.69, 9.17) is 9.84 Å². The fourth-order valence-electron chi connectivity index (χ4n) is 0.734. The van der Waals surface area contributed by atoms with Crippen LogP contribution in [-0.4, -0.2) is 23.8 Å². The fourth-order valence-corrected chi connectivity index (χ4v) is 0.734. The van der Waals surface area contributed by atoms with Crippen molar-refractivity contribution in [3.8, 4) is 0 Å². The normalized spacial score (nSPS) is 12.9. The molecule has 1 N–H and O–H groups in total. The zero-order valence-electron chi connectivity index (χ0n) is 7.17. The van der Waals surface area contributed by atoms with Gasteiger partial charge in [0.25, 0.3) is 0 Å². The van der Waals surface area contributed by atoms with Gasteiger partial charge in [0, 0.05) is 6.61 Å². The SMILES string of the molecule is CCCCOC(C)CC(=O)O. The Labute approximate surface area is 67.4 Å². The molecule has 11 heavy (non-hydrogen) atoms. The minimum absolute atomic E-state index is 0.101. The second-order valence-corrected chi connectivity index (χ2v) is 2.63. The third-order valence-corrected chi connectivity index (χ3v) is 1.36. The van der Waals surface area contributed by atoms with E-state index >= 15 is 0 Å². The molecule has 0 radical (unpaired) electrons. The summed E-state index contributed by atoms with van der Waals surface area (Å²) >= 11 is 0. The first-order valence-corrected chi connectivity index (χ1v) is 4.00. The molecule has 66 valence electrons. The van der Waals surface area contributed by atoms with Gasteiger partial charge in [-0.25, -0.2) is 0 Å². The highest BCUT2D eigenvalue weighted by molar-refractivity contribution is 5.67. The topological polar surface area (TPSA) is 46.5 Å². The van der Waals surface area contributed by atoms with Crippen molar-refractivity contribution >= 4 is 5.97 Å². The summed E-state index contributed by atoms with van der Waals surface area (Å²) in [6.45, 7) is 4.53. The summed E-state index contributed by atoms with van der Waals surface area (Å²) in [6, 6.07) is 0. The van der Waals surface area contributed by atoms with Gasteiger partial charge >= 0.3 is 5.97 Å². The van der Waals surface area contributed by atoms with Gasteiger partial charge in [-0.15, -0.1) is 0 Å². The molecule has 0 fully saturated rings. The molecule has 0 aromatic heterocycles. The van der Waals surface area contributed by atoms with Crippen LogP contribution >= 0.6 is 0 Å². The van der Waals surface area contributed by atoms with Gasteiger partial charge in [0.1, 0.15) is 0 Å². The van der Waals surface area contributed by atoms with Crippen molar-refractivity contribution in [1.82, 2.24) is 0 Å². The van der Waals surface area contributed by atoms with Crippen LogP contribution < -0.4 is 0 Å². The Bertz CT molecular complexity index is 112. The van der Waals surface area contributed by atoms with Crippen LogP contribution in [0.4, 0.5) is 0 Å². The zero-order valence-corrected chi connectivity index (χ0v) is 7.17. The molecular weight excluding hydrogens is 144 g/mol. The summed E-state index contributed by atoms with van der Waals surface area (Å²) < 4.78 is 5.21. The smallest absolute Gasteiger partial charge is 0.305 e. The van der Waals surface area contributed by atoms with Crippen molar-refractivity contribution in [2.45, 2.75) is 39.2 Å². The molecular formula is C8H16O3. The Morgan fingerprint density at radius 3 is 2.73 bits per heavy atom. The molecule has 0 rings (SSSR count). The standard InChI is InChI=1S/C8H16O3/c1-3-4-5-11-7(2)6-8(9)10/h7H,3-6H2,1-2H3,(H,9,10). The Morgan fingerprint density at radius 1 is 1.64 bits per heavy atom. The molecule has 0 aliphatic heterocycles. The van der Waals surface area contributed by atoms with Crippen molar-refractivity contribution in [3.63, 3.8) is 0 Å². The lowest BCUT2D eigenvalue weighted by atomic mass is 10.3. The third kappa shape index (κ3) is 7.33. The first kappa shape index (κ1) is 10.4. The van der Waals surface area contributed by atoms with Gasteiger partial charge in [0.2, 0.25) is 0 Å². The van der Waals surface area contributed by atoms with Gasteiger partial charge in [-0.1, -0.05) is 13.3 Å². The van der Waals surface area contributed by atoms with Crippen LogP contribution in [0.1, 0.15) is 33.1 Å². The predicted molar refractivity (Wildman–Crippen MR) is 42.6 cm³/mol. The van der Waals surface area contributed by atoms with Crippen molar-refractivity contribution in [1.29, 1.82) is 0 Å². The van der Waals surface area contributed by atoms with E-state index in [9.17, 15) is 4.79 Å². The highest BCUT2D eigenvalue weighted by Crippen LogP contribution is 1.98. The van der Waals surface area contributed by atoms with E-state index in [1.807, 2.05) is 0 Å². The third-order valence-electron chi connectivity index (χ3n) is 1.36. The Hall–Kier alpha value is -0.570. The van der Waals surface area contributed by atoms with E-state index in [1.165, 1.54) is 0 Å². The molecule has 0 spiro atoms. The van der Waals surface area contributed by atoms with Crippen LogP contribution in [0.5, 0.6) is 0 Å². The number of hydrogen-bond acceptors (Lipinski definition) is 2. The van der Waals surface area contributed by atoms with Crippen molar-refractivity contribution in [3.05, 3.63) is 0 Å². The quantitative estimate of drug-likeness (QED) is 0.601. The maximum absolute atomic E-state index is 10.2. The molecule has 0 aliphatic carbocycles. The molecule has 1 unspecified atom stereocenters. The van der Waals surface area contributed by atoms with Crippen LogP contribution in [0.2, 0.25) is 0 Å². The average Bonchev–Trinajstić information content (AvgIpc) is 1.86. The van der Waals surface area contributed by atoms with Crippen LogP contribution in [0.3, 0.4) is 0 Å². The van der Waals surface area contributed by atoms with E-state index in [0.717, 1.165) is 12.8 Å². The average molecular weight is 160 g/mol. The molecule has 0 aliphatic rings. The number of carbonyl (C=O) groups is 1. The summed E-state index contributed by atoms with van der Waals surface area (Å²) in [5.41, 5.74) is 0. The molecule has 0 bridgehead atoms. The summed E-state index contributed by atoms with van der Waals surface area (Å²) in [7, 11) is 0. The second kappa shape index (κ2) is 6.16. The van der Waals surface area contributed by atoms with Gasteiger partial charge in [-0.2, -0.15) is 0 Å². The van der Waals surface area contributed by atoms with Crippen LogP contribution in [-0.2, 0) is 9.53 Å². The lowest BCUT2D eigenvalue weighted by molar-refractivity contribution is -0.139. The largest absolute Gasteiger partial charge is 0.481 e. The highest BCUT2D eigenvalue weighted by Gasteiger charge is 2.06. The number of hydrogen-bond donors (Lipinski definition) is 1. The number of carboxylic acids is 1. The van der Waals surface area contributed by atoms with Crippen LogP contribution in [0, 0.1) is 0 Å². The van der Waals surface area contributed by atoms with E-state index in [-0.39, 0.29) is 12.5 Å². The molecule has 0 amide bonds. The maximum atomic E-state index is 10.2. The van der Waals surface area contributed by atoms with E-state index in [0.29, 0.717) is 6.61 Å². The minimum Gasteiger partial charge on any atom is -0.481 e. The van der Waals surface area contributed by atoms with Crippen LogP contribution in [0.15, 0.2) is 0 Å².